The Morgan fingerprint density at radius 1 is 0.824 bits per heavy atom. The lowest BCUT2D eigenvalue weighted by Crippen LogP contribution is -1.87. The molecular weight excluding hydrogens is 321 g/mol. The van der Waals surface area contributed by atoms with Gasteiger partial charge in [-0.15, -0.1) is 0 Å². The van der Waals surface area contributed by atoms with Crippen LogP contribution in [0.4, 0.5) is 0 Å². The predicted octanol–water partition coefficient (Wildman–Crippen LogP) is 4.51. The second-order valence-electron chi connectivity index (χ2n) is 3.86. The molecule has 82 valence electrons. The van der Waals surface area contributed by atoms with Crippen molar-refractivity contribution in [1.82, 2.24) is 4.98 Å². The predicted molar refractivity (Wildman–Crippen MR) is 79.9 cm³/mol. The molecule has 1 heterocycles. The van der Waals surface area contributed by atoms with Crippen molar-refractivity contribution in [3.8, 4) is 11.3 Å². The van der Waals surface area contributed by atoms with Crippen molar-refractivity contribution < 1.29 is 0 Å². The van der Waals surface area contributed by atoms with Gasteiger partial charge in [-0.05, 0) is 45.5 Å². The molecule has 0 bridgehead atoms. The summed E-state index contributed by atoms with van der Waals surface area (Å²) in [7, 11) is 0. The van der Waals surface area contributed by atoms with Crippen LogP contribution in [0.1, 0.15) is 0 Å². The van der Waals surface area contributed by atoms with E-state index in [1.165, 1.54) is 19.9 Å². The second-order valence-corrected chi connectivity index (χ2v) is 4.94. The van der Waals surface area contributed by atoms with E-state index in [1.807, 2.05) is 24.4 Å². The Hall–Kier alpha value is -1.42. The third-order valence-corrected chi connectivity index (χ3v) is 3.97. The lowest BCUT2D eigenvalue weighted by molar-refractivity contribution is 1.32. The molecular formula is C15H10IN. The topological polar surface area (TPSA) is 12.9 Å². The Labute approximate surface area is 114 Å². The fraction of sp³-hybridized carbons (Fsp3) is 0. The zero-order valence-electron chi connectivity index (χ0n) is 9.10. The first-order valence-corrected chi connectivity index (χ1v) is 6.53. The standard InChI is InChI=1S/C15H10IN/c16-15-12-6-2-1-5-11(12)8-9-13(15)14-7-3-4-10-17-14/h1-10H. The number of pyridine rings is 1. The SMILES string of the molecule is Ic1c(-c2ccccn2)ccc2ccccc12. The molecule has 0 aliphatic heterocycles. The van der Waals surface area contributed by atoms with Gasteiger partial charge in [0.15, 0.2) is 0 Å². The maximum atomic E-state index is 4.41. The molecule has 3 rings (SSSR count). The van der Waals surface area contributed by atoms with E-state index in [2.05, 4.69) is 64.0 Å². The summed E-state index contributed by atoms with van der Waals surface area (Å²) in [6, 6.07) is 18.8. The molecule has 17 heavy (non-hydrogen) atoms. The molecule has 0 aliphatic rings. The fourth-order valence-corrected chi connectivity index (χ4v) is 2.90. The Kier molecular flexibility index (Phi) is 2.81. The van der Waals surface area contributed by atoms with Gasteiger partial charge in [-0.1, -0.05) is 42.5 Å². The number of halogens is 1. The van der Waals surface area contributed by atoms with Crippen LogP contribution in [0.3, 0.4) is 0 Å². The molecule has 2 heteroatoms. The first kappa shape index (κ1) is 10.7. The molecule has 0 fully saturated rings. The van der Waals surface area contributed by atoms with E-state index in [4.69, 9.17) is 0 Å². The van der Waals surface area contributed by atoms with Gasteiger partial charge in [0.25, 0.3) is 0 Å². The van der Waals surface area contributed by atoms with E-state index in [-0.39, 0.29) is 0 Å². The first-order valence-electron chi connectivity index (χ1n) is 5.45. The molecule has 2 aromatic carbocycles. The van der Waals surface area contributed by atoms with Crippen molar-refractivity contribution in [3.63, 3.8) is 0 Å². The van der Waals surface area contributed by atoms with Gasteiger partial charge in [0, 0.05) is 15.3 Å². The van der Waals surface area contributed by atoms with E-state index in [9.17, 15) is 0 Å². The average Bonchev–Trinajstić information content (AvgIpc) is 2.40. The van der Waals surface area contributed by atoms with Gasteiger partial charge >= 0.3 is 0 Å². The molecule has 0 atom stereocenters. The van der Waals surface area contributed by atoms with Gasteiger partial charge in [-0.2, -0.15) is 0 Å². The van der Waals surface area contributed by atoms with Crippen LogP contribution in [0.5, 0.6) is 0 Å². The van der Waals surface area contributed by atoms with Crippen LogP contribution in [-0.4, -0.2) is 4.98 Å². The zero-order chi connectivity index (χ0) is 11.7. The number of aromatic nitrogens is 1. The molecule has 0 spiro atoms. The zero-order valence-corrected chi connectivity index (χ0v) is 11.3. The fourth-order valence-electron chi connectivity index (χ4n) is 1.95. The van der Waals surface area contributed by atoms with Gasteiger partial charge in [-0.3, -0.25) is 4.98 Å². The summed E-state index contributed by atoms with van der Waals surface area (Å²) in [4.78, 5) is 4.41. The molecule has 1 aromatic heterocycles. The normalized spacial score (nSPS) is 10.6. The molecule has 1 nitrogen and oxygen atoms in total. The third-order valence-electron chi connectivity index (χ3n) is 2.80. The van der Waals surface area contributed by atoms with E-state index in [1.54, 1.807) is 0 Å². The Balaban J connectivity index is 2.29. The summed E-state index contributed by atoms with van der Waals surface area (Å²) in [6.45, 7) is 0. The highest BCUT2D eigenvalue weighted by Crippen LogP contribution is 2.30. The molecule has 0 aliphatic carbocycles. The van der Waals surface area contributed by atoms with Crippen molar-refractivity contribution in [1.29, 1.82) is 0 Å². The first-order chi connectivity index (χ1) is 8.36. The van der Waals surface area contributed by atoms with Gasteiger partial charge in [-0.25, -0.2) is 0 Å². The molecule has 0 saturated heterocycles. The van der Waals surface area contributed by atoms with E-state index in [0.717, 1.165) is 5.69 Å². The molecule has 0 saturated carbocycles. The summed E-state index contributed by atoms with van der Waals surface area (Å²) in [5, 5.41) is 2.56. The van der Waals surface area contributed by atoms with Crippen LogP contribution >= 0.6 is 22.6 Å². The van der Waals surface area contributed by atoms with Gasteiger partial charge in [0.05, 0.1) is 5.69 Å². The molecule has 0 amide bonds. The highest BCUT2D eigenvalue weighted by molar-refractivity contribution is 14.1. The minimum atomic E-state index is 1.03. The number of fused-ring (bicyclic) bond motifs is 1. The Morgan fingerprint density at radius 2 is 1.65 bits per heavy atom. The maximum Gasteiger partial charge on any atom is 0.0712 e. The van der Waals surface area contributed by atoms with Crippen molar-refractivity contribution >= 4 is 33.4 Å². The smallest absolute Gasteiger partial charge is 0.0712 e. The Morgan fingerprint density at radius 3 is 2.47 bits per heavy atom. The largest absolute Gasteiger partial charge is 0.256 e. The molecule has 3 aromatic rings. The van der Waals surface area contributed by atoms with Crippen molar-refractivity contribution in [2.45, 2.75) is 0 Å². The van der Waals surface area contributed by atoms with Crippen molar-refractivity contribution in [2.75, 3.05) is 0 Å². The summed E-state index contributed by atoms with van der Waals surface area (Å²) in [5.41, 5.74) is 2.23. The van der Waals surface area contributed by atoms with Gasteiger partial charge < -0.3 is 0 Å². The minimum Gasteiger partial charge on any atom is -0.256 e. The second kappa shape index (κ2) is 4.45. The van der Waals surface area contributed by atoms with E-state index >= 15 is 0 Å². The monoisotopic (exact) mass is 331 g/mol. The summed E-state index contributed by atoms with van der Waals surface area (Å²) >= 11 is 2.40. The number of nitrogens with zero attached hydrogens (tertiary/aromatic N) is 1. The Bertz CT molecular complexity index is 662. The quantitative estimate of drug-likeness (QED) is 0.598. The number of rotatable bonds is 1. The lowest BCUT2D eigenvalue weighted by atomic mass is 10.0. The van der Waals surface area contributed by atoms with Gasteiger partial charge in [0.1, 0.15) is 0 Å². The average molecular weight is 331 g/mol. The van der Waals surface area contributed by atoms with Crippen LogP contribution < -0.4 is 0 Å². The number of benzene rings is 2. The summed E-state index contributed by atoms with van der Waals surface area (Å²) in [5.74, 6) is 0. The highest BCUT2D eigenvalue weighted by atomic mass is 127. The number of hydrogen-bond acceptors (Lipinski definition) is 1. The molecule has 0 radical (unpaired) electrons. The molecule has 0 unspecified atom stereocenters. The van der Waals surface area contributed by atoms with Gasteiger partial charge in [0.2, 0.25) is 0 Å². The molecule has 0 N–H and O–H groups in total. The van der Waals surface area contributed by atoms with Crippen LogP contribution in [0.25, 0.3) is 22.0 Å². The van der Waals surface area contributed by atoms with Crippen LogP contribution in [0.2, 0.25) is 0 Å². The van der Waals surface area contributed by atoms with E-state index < -0.39 is 0 Å². The summed E-state index contributed by atoms with van der Waals surface area (Å²) < 4.78 is 1.26. The minimum absolute atomic E-state index is 1.03. The van der Waals surface area contributed by atoms with E-state index in [0.29, 0.717) is 0 Å². The van der Waals surface area contributed by atoms with Crippen molar-refractivity contribution in [3.05, 3.63) is 64.4 Å². The summed E-state index contributed by atoms with van der Waals surface area (Å²) in [6.07, 6.45) is 1.83. The van der Waals surface area contributed by atoms with Crippen molar-refractivity contribution in [2.24, 2.45) is 0 Å². The number of hydrogen-bond donors (Lipinski definition) is 0. The maximum absolute atomic E-state index is 4.41. The third kappa shape index (κ3) is 1.93. The lowest BCUT2D eigenvalue weighted by Gasteiger charge is -2.07. The van der Waals surface area contributed by atoms with Crippen LogP contribution in [-0.2, 0) is 0 Å². The highest BCUT2D eigenvalue weighted by Gasteiger charge is 2.06. The van der Waals surface area contributed by atoms with Crippen LogP contribution in [0, 0.1) is 3.57 Å². The van der Waals surface area contributed by atoms with Crippen LogP contribution in [0.15, 0.2) is 60.8 Å².